The summed E-state index contributed by atoms with van der Waals surface area (Å²) < 4.78 is 0. The van der Waals surface area contributed by atoms with Gasteiger partial charge in [0.1, 0.15) is 0 Å². The van der Waals surface area contributed by atoms with Crippen molar-refractivity contribution < 1.29 is 0 Å². The summed E-state index contributed by atoms with van der Waals surface area (Å²) >= 11 is 12.0. The van der Waals surface area contributed by atoms with Crippen LogP contribution in [0.15, 0.2) is 18.2 Å². The van der Waals surface area contributed by atoms with Crippen LogP contribution in [0.5, 0.6) is 0 Å². The van der Waals surface area contributed by atoms with Crippen LogP contribution in [0.1, 0.15) is 11.6 Å². The van der Waals surface area contributed by atoms with Crippen LogP contribution in [0.2, 0.25) is 10.0 Å². The van der Waals surface area contributed by atoms with E-state index in [9.17, 15) is 0 Å². The molecule has 3 nitrogen and oxygen atoms in total. The van der Waals surface area contributed by atoms with E-state index in [1.807, 2.05) is 26.2 Å². The van der Waals surface area contributed by atoms with Gasteiger partial charge in [-0.15, -0.1) is 0 Å². The first-order valence-corrected chi connectivity index (χ1v) is 6.33. The van der Waals surface area contributed by atoms with Crippen LogP contribution >= 0.6 is 23.2 Å². The standard InChI is InChI=1S/C12H19Cl2N3/c1-17(2)6-5-16-12(8-15)10-4-3-9(13)7-11(10)14/h3-4,7,12,16H,5-6,8,15H2,1-2H3. The fraction of sp³-hybridized carbons (Fsp3) is 0.500. The summed E-state index contributed by atoms with van der Waals surface area (Å²) in [5.74, 6) is 0. The third-order valence-corrected chi connectivity index (χ3v) is 3.09. The third-order valence-electron chi connectivity index (χ3n) is 2.52. The molecule has 1 rings (SSSR count). The molecular weight excluding hydrogens is 257 g/mol. The molecule has 0 amide bonds. The Morgan fingerprint density at radius 2 is 2.06 bits per heavy atom. The van der Waals surface area contributed by atoms with Gasteiger partial charge >= 0.3 is 0 Å². The minimum Gasteiger partial charge on any atom is -0.329 e. The SMILES string of the molecule is CN(C)CCNC(CN)c1ccc(Cl)cc1Cl. The minimum atomic E-state index is 0.0692. The van der Waals surface area contributed by atoms with Crippen LogP contribution in [0.3, 0.4) is 0 Å². The molecule has 0 aliphatic heterocycles. The van der Waals surface area contributed by atoms with Crippen molar-refractivity contribution in [1.82, 2.24) is 10.2 Å². The zero-order valence-electron chi connectivity index (χ0n) is 10.2. The molecule has 0 saturated heterocycles. The molecule has 0 spiro atoms. The van der Waals surface area contributed by atoms with E-state index >= 15 is 0 Å². The smallest absolute Gasteiger partial charge is 0.0469 e. The normalized spacial score (nSPS) is 13.1. The van der Waals surface area contributed by atoms with E-state index < -0.39 is 0 Å². The molecule has 1 unspecified atom stereocenters. The van der Waals surface area contributed by atoms with E-state index in [1.54, 1.807) is 6.07 Å². The maximum atomic E-state index is 6.15. The number of likely N-dealkylation sites (N-methyl/N-ethyl adjacent to an activating group) is 1. The van der Waals surface area contributed by atoms with Crippen molar-refractivity contribution >= 4 is 23.2 Å². The van der Waals surface area contributed by atoms with Gasteiger partial charge < -0.3 is 16.0 Å². The van der Waals surface area contributed by atoms with Crippen LogP contribution in [-0.4, -0.2) is 38.6 Å². The molecule has 0 aliphatic rings. The van der Waals surface area contributed by atoms with Gasteiger partial charge in [-0.1, -0.05) is 29.3 Å². The Labute approximate surface area is 113 Å². The number of nitrogens with two attached hydrogens (primary N) is 1. The van der Waals surface area contributed by atoms with E-state index in [0.29, 0.717) is 16.6 Å². The highest BCUT2D eigenvalue weighted by atomic mass is 35.5. The predicted molar refractivity (Wildman–Crippen MR) is 74.8 cm³/mol. The van der Waals surface area contributed by atoms with E-state index in [1.165, 1.54) is 0 Å². The first kappa shape index (κ1) is 14.7. The average molecular weight is 276 g/mol. The first-order chi connectivity index (χ1) is 8.04. The lowest BCUT2D eigenvalue weighted by molar-refractivity contribution is 0.385. The second-order valence-corrected chi connectivity index (χ2v) is 5.06. The van der Waals surface area contributed by atoms with Gasteiger partial charge in [0.15, 0.2) is 0 Å². The first-order valence-electron chi connectivity index (χ1n) is 5.57. The Bertz CT molecular complexity index is 356. The summed E-state index contributed by atoms with van der Waals surface area (Å²) in [6.45, 7) is 2.34. The van der Waals surface area contributed by atoms with Gasteiger partial charge in [-0.3, -0.25) is 0 Å². The van der Waals surface area contributed by atoms with Crippen LogP contribution < -0.4 is 11.1 Å². The van der Waals surface area contributed by atoms with Crippen molar-refractivity contribution in [2.24, 2.45) is 5.73 Å². The fourth-order valence-electron chi connectivity index (χ4n) is 1.57. The lowest BCUT2D eigenvalue weighted by Crippen LogP contribution is -2.33. The number of hydrogen-bond acceptors (Lipinski definition) is 3. The molecule has 1 atom stereocenters. The highest BCUT2D eigenvalue weighted by molar-refractivity contribution is 6.35. The van der Waals surface area contributed by atoms with Gasteiger partial charge in [-0.25, -0.2) is 0 Å². The summed E-state index contributed by atoms with van der Waals surface area (Å²) in [7, 11) is 4.07. The molecule has 0 saturated carbocycles. The molecule has 0 heterocycles. The van der Waals surface area contributed by atoms with E-state index in [0.717, 1.165) is 18.7 Å². The van der Waals surface area contributed by atoms with Crippen molar-refractivity contribution in [3.8, 4) is 0 Å². The predicted octanol–water partition coefficient (Wildman–Crippen LogP) is 2.14. The number of nitrogens with zero attached hydrogens (tertiary/aromatic N) is 1. The van der Waals surface area contributed by atoms with Gasteiger partial charge in [0.05, 0.1) is 0 Å². The van der Waals surface area contributed by atoms with Crippen molar-refractivity contribution in [1.29, 1.82) is 0 Å². The zero-order valence-corrected chi connectivity index (χ0v) is 11.7. The maximum Gasteiger partial charge on any atom is 0.0469 e. The quantitative estimate of drug-likeness (QED) is 0.836. The van der Waals surface area contributed by atoms with Crippen LogP contribution in [0.25, 0.3) is 0 Å². The van der Waals surface area contributed by atoms with Gasteiger partial charge in [0.25, 0.3) is 0 Å². The summed E-state index contributed by atoms with van der Waals surface area (Å²) in [6.07, 6.45) is 0. The van der Waals surface area contributed by atoms with Crippen LogP contribution in [0.4, 0.5) is 0 Å². The Kier molecular flexibility index (Phi) is 6.23. The highest BCUT2D eigenvalue weighted by Gasteiger charge is 2.12. The Morgan fingerprint density at radius 3 is 2.59 bits per heavy atom. The second-order valence-electron chi connectivity index (χ2n) is 4.21. The molecule has 1 aromatic carbocycles. The van der Waals surface area contributed by atoms with Crippen molar-refractivity contribution in [2.45, 2.75) is 6.04 Å². The monoisotopic (exact) mass is 275 g/mol. The molecule has 0 radical (unpaired) electrons. The van der Waals surface area contributed by atoms with Gasteiger partial charge in [0, 0.05) is 35.7 Å². The molecule has 0 aromatic heterocycles. The molecule has 96 valence electrons. The maximum absolute atomic E-state index is 6.15. The van der Waals surface area contributed by atoms with Crippen LogP contribution in [-0.2, 0) is 0 Å². The average Bonchev–Trinajstić information content (AvgIpc) is 2.25. The van der Waals surface area contributed by atoms with Gasteiger partial charge in [-0.05, 0) is 31.8 Å². The molecule has 0 fully saturated rings. The molecule has 1 aromatic rings. The number of benzene rings is 1. The molecule has 17 heavy (non-hydrogen) atoms. The van der Waals surface area contributed by atoms with E-state index in [-0.39, 0.29) is 6.04 Å². The molecule has 0 bridgehead atoms. The topological polar surface area (TPSA) is 41.3 Å². The summed E-state index contributed by atoms with van der Waals surface area (Å²) in [5.41, 5.74) is 6.76. The zero-order chi connectivity index (χ0) is 12.8. The number of rotatable bonds is 6. The fourth-order valence-corrected chi connectivity index (χ4v) is 2.11. The second kappa shape index (κ2) is 7.19. The minimum absolute atomic E-state index is 0.0692. The summed E-state index contributed by atoms with van der Waals surface area (Å²) in [5, 5.41) is 4.68. The van der Waals surface area contributed by atoms with Gasteiger partial charge in [-0.2, -0.15) is 0 Å². The Balaban J connectivity index is 2.66. The molecular formula is C12H19Cl2N3. The number of nitrogens with one attached hydrogen (secondary N) is 1. The summed E-state index contributed by atoms with van der Waals surface area (Å²) in [4.78, 5) is 2.12. The number of hydrogen-bond donors (Lipinski definition) is 2. The van der Waals surface area contributed by atoms with E-state index in [4.69, 9.17) is 28.9 Å². The molecule has 3 N–H and O–H groups in total. The largest absolute Gasteiger partial charge is 0.329 e. The van der Waals surface area contributed by atoms with Crippen molar-refractivity contribution in [2.75, 3.05) is 33.7 Å². The Hall–Kier alpha value is -0.320. The summed E-state index contributed by atoms with van der Waals surface area (Å²) in [6, 6.07) is 5.57. The van der Waals surface area contributed by atoms with Crippen LogP contribution in [0, 0.1) is 0 Å². The Morgan fingerprint density at radius 1 is 1.35 bits per heavy atom. The lowest BCUT2D eigenvalue weighted by atomic mass is 10.1. The molecule has 5 heteroatoms. The molecule has 0 aliphatic carbocycles. The lowest BCUT2D eigenvalue weighted by Gasteiger charge is -2.20. The number of halogens is 2. The highest BCUT2D eigenvalue weighted by Crippen LogP contribution is 2.25. The van der Waals surface area contributed by atoms with Crippen molar-refractivity contribution in [3.63, 3.8) is 0 Å². The van der Waals surface area contributed by atoms with Crippen molar-refractivity contribution in [3.05, 3.63) is 33.8 Å². The third kappa shape index (κ3) is 4.82. The van der Waals surface area contributed by atoms with Gasteiger partial charge in [0.2, 0.25) is 0 Å². The van der Waals surface area contributed by atoms with E-state index in [2.05, 4.69) is 10.2 Å².